The lowest BCUT2D eigenvalue weighted by Crippen LogP contribution is -2.39. The number of benzene rings is 1. The van der Waals surface area contributed by atoms with E-state index in [2.05, 4.69) is 38.0 Å². The SMILES string of the molecule is C[C@H]1CCCN(S(=O)(=O)c2ccc(C(=O)Nc3nc(C(C)(C)C)cs3)cc2)C1. The molecule has 0 unspecified atom stereocenters. The maximum Gasteiger partial charge on any atom is 0.257 e. The smallest absolute Gasteiger partial charge is 0.257 e. The predicted octanol–water partition coefficient (Wildman–Crippen LogP) is 4.11. The van der Waals surface area contributed by atoms with Crippen LogP contribution in [0.15, 0.2) is 34.5 Å². The molecule has 0 radical (unpaired) electrons. The number of anilines is 1. The van der Waals surface area contributed by atoms with Gasteiger partial charge in [-0.25, -0.2) is 13.4 Å². The highest BCUT2D eigenvalue weighted by Gasteiger charge is 2.28. The minimum Gasteiger partial charge on any atom is -0.298 e. The summed E-state index contributed by atoms with van der Waals surface area (Å²) in [6, 6.07) is 6.11. The highest BCUT2D eigenvalue weighted by atomic mass is 32.2. The van der Waals surface area contributed by atoms with E-state index in [0.29, 0.717) is 29.7 Å². The van der Waals surface area contributed by atoms with Gasteiger partial charge < -0.3 is 0 Å². The van der Waals surface area contributed by atoms with E-state index in [9.17, 15) is 13.2 Å². The fraction of sp³-hybridized carbons (Fsp3) is 0.500. The predicted molar refractivity (Wildman–Crippen MR) is 112 cm³/mol. The first kappa shape index (κ1) is 21.0. The quantitative estimate of drug-likeness (QED) is 0.806. The fourth-order valence-electron chi connectivity index (χ4n) is 3.14. The summed E-state index contributed by atoms with van der Waals surface area (Å²) in [7, 11) is -3.52. The molecule has 1 amide bonds. The average molecular weight is 422 g/mol. The molecule has 0 spiro atoms. The number of nitrogens with zero attached hydrogens (tertiary/aromatic N) is 2. The second-order valence-electron chi connectivity index (χ2n) is 8.38. The fourth-order valence-corrected chi connectivity index (χ4v) is 5.67. The van der Waals surface area contributed by atoms with Crippen molar-refractivity contribution in [1.82, 2.24) is 9.29 Å². The van der Waals surface area contributed by atoms with E-state index in [-0.39, 0.29) is 16.2 Å². The van der Waals surface area contributed by atoms with Crippen LogP contribution >= 0.6 is 11.3 Å². The second kappa shape index (κ2) is 7.93. The summed E-state index contributed by atoms with van der Waals surface area (Å²) in [5.41, 5.74) is 1.24. The summed E-state index contributed by atoms with van der Waals surface area (Å²) in [4.78, 5) is 17.2. The molecule has 1 aromatic carbocycles. The lowest BCUT2D eigenvalue weighted by Gasteiger charge is -2.30. The van der Waals surface area contributed by atoms with Crippen LogP contribution in [0.25, 0.3) is 0 Å². The first-order valence-electron chi connectivity index (χ1n) is 9.45. The van der Waals surface area contributed by atoms with Gasteiger partial charge in [-0.15, -0.1) is 11.3 Å². The van der Waals surface area contributed by atoms with Crippen LogP contribution in [0.2, 0.25) is 0 Å². The number of carbonyl (C=O) groups excluding carboxylic acids is 1. The van der Waals surface area contributed by atoms with Gasteiger partial charge in [-0.3, -0.25) is 10.1 Å². The molecule has 1 fully saturated rings. The molecular formula is C20H27N3O3S2. The Morgan fingerprint density at radius 2 is 1.93 bits per heavy atom. The van der Waals surface area contributed by atoms with E-state index < -0.39 is 10.0 Å². The number of rotatable bonds is 4. The Balaban J connectivity index is 1.71. The first-order valence-corrected chi connectivity index (χ1v) is 11.8. The van der Waals surface area contributed by atoms with Gasteiger partial charge >= 0.3 is 0 Å². The summed E-state index contributed by atoms with van der Waals surface area (Å²) in [6.45, 7) is 9.36. The summed E-state index contributed by atoms with van der Waals surface area (Å²) in [5.74, 6) is 0.0650. The van der Waals surface area contributed by atoms with E-state index in [1.807, 2.05) is 5.38 Å². The molecule has 0 saturated carbocycles. The van der Waals surface area contributed by atoms with Crippen LogP contribution in [-0.4, -0.2) is 36.7 Å². The summed E-state index contributed by atoms with van der Waals surface area (Å²) >= 11 is 1.38. The molecule has 8 heteroatoms. The summed E-state index contributed by atoms with van der Waals surface area (Å²) < 4.78 is 27.2. The molecule has 152 valence electrons. The van der Waals surface area contributed by atoms with Gasteiger partial charge in [0.1, 0.15) is 0 Å². The normalized spacial score (nSPS) is 18.8. The van der Waals surface area contributed by atoms with Crippen molar-refractivity contribution >= 4 is 32.4 Å². The maximum absolute atomic E-state index is 12.8. The lowest BCUT2D eigenvalue weighted by atomic mass is 9.93. The molecule has 1 atom stereocenters. The Morgan fingerprint density at radius 3 is 2.50 bits per heavy atom. The molecule has 2 aromatic rings. The number of nitrogens with one attached hydrogen (secondary N) is 1. The van der Waals surface area contributed by atoms with Gasteiger partial charge in [0.05, 0.1) is 10.6 Å². The minimum absolute atomic E-state index is 0.0819. The average Bonchev–Trinajstić information content (AvgIpc) is 3.11. The number of amides is 1. The van der Waals surface area contributed by atoms with Gasteiger partial charge in [0.2, 0.25) is 10.0 Å². The number of aromatic nitrogens is 1. The van der Waals surface area contributed by atoms with E-state index in [0.717, 1.165) is 18.5 Å². The van der Waals surface area contributed by atoms with Crippen molar-refractivity contribution in [3.63, 3.8) is 0 Å². The highest BCUT2D eigenvalue weighted by molar-refractivity contribution is 7.89. The third kappa shape index (κ3) is 4.61. The van der Waals surface area contributed by atoms with Gasteiger partial charge in [0, 0.05) is 29.4 Å². The Morgan fingerprint density at radius 1 is 1.25 bits per heavy atom. The van der Waals surface area contributed by atoms with E-state index in [1.165, 1.54) is 23.5 Å². The zero-order valence-electron chi connectivity index (χ0n) is 16.7. The van der Waals surface area contributed by atoms with Crippen LogP contribution in [0.4, 0.5) is 5.13 Å². The number of hydrogen-bond donors (Lipinski definition) is 1. The van der Waals surface area contributed by atoms with Crippen molar-refractivity contribution in [3.8, 4) is 0 Å². The lowest BCUT2D eigenvalue weighted by molar-refractivity contribution is 0.102. The van der Waals surface area contributed by atoms with Crippen molar-refractivity contribution in [2.24, 2.45) is 5.92 Å². The van der Waals surface area contributed by atoms with Crippen LogP contribution in [0, 0.1) is 5.92 Å². The third-order valence-corrected chi connectivity index (χ3v) is 7.50. The molecule has 1 saturated heterocycles. The summed E-state index contributed by atoms with van der Waals surface area (Å²) in [6.07, 6.45) is 1.93. The van der Waals surface area contributed by atoms with Crippen LogP contribution < -0.4 is 5.32 Å². The monoisotopic (exact) mass is 421 g/mol. The first-order chi connectivity index (χ1) is 13.1. The Labute approximate surface area is 171 Å². The number of carbonyl (C=O) groups is 1. The highest BCUT2D eigenvalue weighted by Crippen LogP contribution is 2.27. The van der Waals surface area contributed by atoms with Crippen LogP contribution in [0.5, 0.6) is 0 Å². The van der Waals surface area contributed by atoms with E-state index in [1.54, 1.807) is 16.4 Å². The van der Waals surface area contributed by atoms with Gasteiger partial charge in [-0.1, -0.05) is 27.7 Å². The van der Waals surface area contributed by atoms with E-state index >= 15 is 0 Å². The Bertz CT molecular complexity index is 944. The molecule has 0 aliphatic carbocycles. The zero-order chi connectivity index (χ0) is 20.5. The van der Waals surface area contributed by atoms with Crippen molar-refractivity contribution in [1.29, 1.82) is 0 Å². The molecule has 1 aromatic heterocycles. The molecule has 6 nitrogen and oxygen atoms in total. The van der Waals surface area contributed by atoms with Gasteiger partial charge in [-0.05, 0) is 43.0 Å². The molecule has 0 bridgehead atoms. The third-order valence-electron chi connectivity index (χ3n) is 4.87. The van der Waals surface area contributed by atoms with Crippen LogP contribution in [0.3, 0.4) is 0 Å². The van der Waals surface area contributed by atoms with Crippen molar-refractivity contribution in [2.75, 3.05) is 18.4 Å². The Kier molecular flexibility index (Phi) is 5.93. The molecule has 1 N–H and O–H groups in total. The van der Waals surface area contributed by atoms with Crippen molar-refractivity contribution in [2.45, 2.75) is 50.8 Å². The number of sulfonamides is 1. The second-order valence-corrected chi connectivity index (χ2v) is 11.2. The molecule has 1 aliphatic heterocycles. The molecule has 1 aliphatic rings. The topological polar surface area (TPSA) is 79.4 Å². The minimum atomic E-state index is -3.52. The number of piperidine rings is 1. The standard InChI is InChI=1S/C20H27N3O3S2/c1-14-6-5-11-23(12-14)28(25,26)16-9-7-15(8-10-16)18(24)22-19-21-17(13-27-19)20(2,3)4/h7-10,13-14H,5-6,11-12H2,1-4H3,(H,21,22,24)/t14-/m0/s1. The zero-order valence-corrected chi connectivity index (χ0v) is 18.4. The maximum atomic E-state index is 12.8. The number of hydrogen-bond acceptors (Lipinski definition) is 5. The largest absolute Gasteiger partial charge is 0.298 e. The molecular weight excluding hydrogens is 394 g/mol. The van der Waals surface area contributed by atoms with Crippen LogP contribution in [0.1, 0.15) is 56.6 Å². The molecule has 2 heterocycles. The van der Waals surface area contributed by atoms with E-state index in [4.69, 9.17) is 0 Å². The van der Waals surface area contributed by atoms with Crippen molar-refractivity contribution in [3.05, 3.63) is 40.9 Å². The van der Waals surface area contributed by atoms with Gasteiger partial charge in [-0.2, -0.15) is 4.31 Å². The van der Waals surface area contributed by atoms with Crippen LogP contribution in [-0.2, 0) is 15.4 Å². The van der Waals surface area contributed by atoms with Crippen molar-refractivity contribution < 1.29 is 13.2 Å². The van der Waals surface area contributed by atoms with Gasteiger partial charge in [0.15, 0.2) is 5.13 Å². The number of thiazole rings is 1. The molecule has 3 rings (SSSR count). The van der Waals surface area contributed by atoms with Gasteiger partial charge in [0.25, 0.3) is 5.91 Å². The Hall–Kier alpha value is -1.77. The molecule has 28 heavy (non-hydrogen) atoms. The summed E-state index contributed by atoms with van der Waals surface area (Å²) in [5, 5.41) is 5.26.